The molecule has 0 spiro atoms. The summed E-state index contributed by atoms with van der Waals surface area (Å²) in [5, 5.41) is 7.61. The van der Waals surface area contributed by atoms with E-state index < -0.39 is 0 Å². The fraction of sp³-hybridized carbons (Fsp3) is 0.458. The zero-order chi connectivity index (χ0) is 22.7. The SMILES string of the molecule is COc1ccc(-c2nc(CN3CCN(C(=O)CCc4c(C)nn(C)c4C)CC3)cs2)cc1. The van der Waals surface area contributed by atoms with E-state index in [0.29, 0.717) is 6.42 Å². The summed E-state index contributed by atoms with van der Waals surface area (Å²) in [5.74, 6) is 1.09. The minimum atomic E-state index is 0.239. The number of aryl methyl sites for hydroxylation is 2. The monoisotopic (exact) mass is 453 g/mol. The van der Waals surface area contributed by atoms with E-state index in [-0.39, 0.29) is 5.91 Å². The summed E-state index contributed by atoms with van der Waals surface area (Å²) in [7, 11) is 3.63. The number of carbonyl (C=O) groups excluding carboxylic acids is 1. The Bertz CT molecular complexity index is 1060. The average molecular weight is 454 g/mol. The normalized spacial score (nSPS) is 14.7. The molecule has 2 aromatic heterocycles. The third kappa shape index (κ3) is 5.02. The van der Waals surface area contributed by atoms with E-state index >= 15 is 0 Å². The fourth-order valence-electron chi connectivity index (χ4n) is 4.20. The number of methoxy groups -OCH3 is 1. The number of nitrogens with zero attached hydrogens (tertiary/aromatic N) is 5. The van der Waals surface area contributed by atoms with Gasteiger partial charge in [0.15, 0.2) is 0 Å². The summed E-state index contributed by atoms with van der Waals surface area (Å²) in [6.45, 7) is 8.22. The van der Waals surface area contributed by atoms with Crippen LogP contribution in [0.3, 0.4) is 0 Å². The molecule has 0 unspecified atom stereocenters. The molecule has 1 fully saturated rings. The van der Waals surface area contributed by atoms with Gasteiger partial charge in [-0.2, -0.15) is 5.10 Å². The number of piperazine rings is 1. The Balaban J connectivity index is 1.26. The number of thiazole rings is 1. The highest BCUT2D eigenvalue weighted by Gasteiger charge is 2.22. The topological polar surface area (TPSA) is 63.5 Å². The Morgan fingerprint density at radius 1 is 1.12 bits per heavy atom. The number of carbonyl (C=O) groups is 1. The molecular weight excluding hydrogens is 422 g/mol. The van der Waals surface area contributed by atoms with Crippen LogP contribution in [0.1, 0.15) is 29.1 Å². The Morgan fingerprint density at radius 3 is 2.47 bits per heavy atom. The summed E-state index contributed by atoms with van der Waals surface area (Å²) in [4.78, 5) is 21.9. The van der Waals surface area contributed by atoms with Crippen LogP contribution >= 0.6 is 11.3 Å². The van der Waals surface area contributed by atoms with Gasteiger partial charge in [-0.05, 0) is 50.1 Å². The fourth-order valence-corrected chi connectivity index (χ4v) is 5.02. The maximum Gasteiger partial charge on any atom is 0.222 e. The van der Waals surface area contributed by atoms with E-state index in [1.165, 1.54) is 5.56 Å². The van der Waals surface area contributed by atoms with E-state index in [2.05, 4.69) is 22.3 Å². The first-order valence-electron chi connectivity index (χ1n) is 11.0. The molecule has 32 heavy (non-hydrogen) atoms. The lowest BCUT2D eigenvalue weighted by Gasteiger charge is -2.34. The number of benzene rings is 1. The van der Waals surface area contributed by atoms with Crippen molar-refractivity contribution in [3.63, 3.8) is 0 Å². The number of rotatable bonds is 7. The second-order valence-corrected chi connectivity index (χ2v) is 9.16. The van der Waals surface area contributed by atoms with E-state index in [1.54, 1.807) is 18.4 Å². The number of amides is 1. The first-order chi connectivity index (χ1) is 15.4. The molecule has 1 amide bonds. The predicted molar refractivity (Wildman–Crippen MR) is 127 cm³/mol. The Kier molecular flexibility index (Phi) is 6.91. The van der Waals surface area contributed by atoms with Crippen molar-refractivity contribution in [2.24, 2.45) is 7.05 Å². The first kappa shape index (κ1) is 22.5. The number of ether oxygens (including phenoxy) is 1. The highest BCUT2D eigenvalue weighted by Crippen LogP contribution is 2.26. The van der Waals surface area contributed by atoms with Gasteiger partial charge in [0.1, 0.15) is 10.8 Å². The van der Waals surface area contributed by atoms with Crippen molar-refractivity contribution >= 4 is 17.2 Å². The molecule has 0 aliphatic carbocycles. The van der Waals surface area contributed by atoms with Crippen LogP contribution in [0.15, 0.2) is 29.6 Å². The molecule has 0 saturated carbocycles. The van der Waals surface area contributed by atoms with Crippen molar-refractivity contribution < 1.29 is 9.53 Å². The molecule has 1 saturated heterocycles. The summed E-state index contributed by atoms with van der Waals surface area (Å²) in [5.41, 5.74) is 5.58. The van der Waals surface area contributed by atoms with E-state index in [9.17, 15) is 4.79 Å². The van der Waals surface area contributed by atoms with E-state index in [1.807, 2.05) is 47.8 Å². The van der Waals surface area contributed by atoms with Crippen molar-refractivity contribution in [3.8, 4) is 16.3 Å². The standard InChI is InChI=1S/C24H31N5O2S/c1-17-22(18(2)27(3)26-17)9-10-23(30)29-13-11-28(12-14-29)15-20-16-32-24(25-20)19-5-7-21(31-4)8-6-19/h5-8,16H,9-15H2,1-4H3. The largest absolute Gasteiger partial charge is 0.497 e. The van der Waals surface area contributed by atoms with Crippen LogP contribution < -0.4 is 4.74 Å². The molecule has 0 bridgehead atoms. The van der Waals surface area contributed by atoms with Crippen LogP contribution in [-0.2, 0) is 24.8 Å². The summed E-state index contributed by atoms with van der Waals surface area (Å²) < 4.78 is 7.13. The van der Waals surface area contributed by atoms with Crippen LogP contribution in [0.2, 0.25) is 0 Å². The van der Waals surface area contributed by atoms with Crippen molar-refractivity contribution in [2.45, 2.75) is 33.2 Å². The smallest absolute Gasteiger partial charge is 0.222 e. The molecular formula is C24H31N5O2S. The van der Waals surface area contributed by atoms with Gasteiger partial charge in [-0.1, -0.05) is 0 Å². The molecule has 3 heterocycles. The van der Waals surface area contributed by atoms with Gasteiger partial charge in [-0.3, -0.25) is 14.4 Å². The second-order valence-electron chi connectivity index (χ2n) is 8.30. The highest BCUT2D eigenvalue weighted by molar-refractivity contribution is 7.13. The zero-order valence-electron chi connectivity index (χ0n) is 19.3. The van der Waals surface area contributed by atoms with Gasteiger partial charge >= 0.3 is 0 Å². The Morgan fingerprint density at radius 2 is 1.84 bits per heavy atom. The summed E-state index contributed by atoms with van der Waals surface area (Å²) in [6.07, 6.45) is 1.31. The summed E-state index contributed by atoms with van der Waals surface area (Å²) in [6, 6.07) is 8.01. The molecule has 1 aromatic carbocycles. The lowest BCUT2D eigenvalue weighted by Crippen LogP contribution is -2.48. The quantitative estimate of drug-likeness (QED) is 0.548. The Labute approximate surface area is 193 Å². The third-order valence-electron chi connectivity index (χ3n) is 6.25. The average Bonchev–Trinajstić information content (AvgIpc) is 3.36. The maximum absolute atomic E-state index is 12.7. The Hall–Kier alpha value is -2.71. The van der Waals surface area contributed by atoms with Crippen LogP contribution in [0.4, 0.5) is 0 Å². The van der Waals surface area contributed by atoms with Gasteiger partial charge in [-0.15, -0.1) is 11.3 Å². The lowest BCUT2D eigenvalue weighted by molar-refractivity contribution is -0.133. The molecule has 8 heteroatoms. The maximum atomic E-state index is 12.7. The molecule has 1 aliphatic rings. The molecule has 4 rings (SSSR count). The van der Waals surface area contributed by atoms with Gasteiger partial charge < -0.3 is 9.64 Å². The van der Waals surface area contributed by atoms with Crippen LogP contribution in [0.25, 0.3) is 10.6 Å². The predicted octanol–water partition coefficient (Wildman–Crippen LogP) is 3.45. The number of hydrogen-bond donors (Lipinski definition) is 0. The second kappa shape index (κ2) is 9.83. The molecule has 3 aromatic rings. The molecule has 1 aliphatic heterocycles. The molecule has 0 atom stereocenters. The van der Waals surface area contributed by atoms with Gasteiger partial charge in [0.05, 0.1) is 18.5 Å². The number of aromatic nitrogens is 3. The van der Waals surface area contributed by atoms with Crippen molar-refractivity contribution in [1.82, 2.24) is 24.6 Å². The van der Waals surface area contributed by atoms with Gasteiger partial charge in [-0.25, -0.2) is 4.98 Å². The minimum absolute atomic E-state index is 0.239. The van der Waals surface area contributed by atoms with Gasteiger partial charge in [0.2, 0.25) is 5.91 Å². The third-order valence-corrected chi connectivity index (χ3v) is 7.19. The summed E-state index contributed by atoms with van der Waals surface area (Å²) >= 11 is 1.67. The highest BCUT2D eigenvalue weighted by atomic mass is 32.1. The van der Waals surface area contributed by atoms with Crippen LogP contribution in [-0.4, -0.2) is 63.8 Å². The van der Waals surface area contributed by atoms with Crippen LogP contribution in [0.5, 0.6) is 5.75 Å². The van der Waals surface area contributed by atoms with Gasteiger partial charge in [0, 0.05) is 62.8 Å². The lowest BCUT2D eigenvalue weighted by atomic mass is 10.1. The molecule has 170 valence electrons. The minimum Gasteiger partial charge on any atom is -0.497 e. The van der Waals surface area contributed by atoms with E-state index in [4.69, 9.17) is 9.72 Å². The number of hydrogen-bond acceptors (Lipinski definition) is 6. The van der Waals surface area contributed by atoms with E-state index in [0.717, 1.165) is 72.5 Å². The van der Waals surface area contributed by atoms with Crippen LogP contribution in [0, 0.1) is 13.8 Å². The van der Waals surface area contributed by atoms with Gasteiger partial charge in [0.25, 0.3) is 0 Å². The molecule has 0 N–H and O–H groups in total. The van der Waals surface area contributed by atoms with Crippen molar-refractivity contribution in [1.29, 1.82) is 0 Å². The molecule has 7 nitrogen and oxygen atoms in total. The first-order valence-corrected chi connectivity index (χ1v) is 11.9. The molecule has 0 radical (unpaired) electrons. The van der Waals surface area contributed by atoms with Crippen molar-refractivity contribution in [2.75, 3.05) is 33.3 Å². The zero-order valence-corrected chi connectivity index (χ0v) is 20.1. The van der Waals surface area contributed by atoms with Crippen molar-refractivity contribution in [3.05, 3.63) is 52.3 Å².